The van der Waals surface area contributed by atoms with Gasteiger partial charge in [-0.05, 0) is 48.5 Å². The van der Waals surface area contributed by atoms with E-state index < -0.39 is 152 Å². The van der Waals surface area contributed by atoms with E-state index in [9.17, 15) is 85.6 Å². The van der Waals surface area contributed by atoms with E-state index in [-0.39, 0.29) is 0 Å². The molecule has 13 N–H and O–H groups in total. The summed E-state index contributed by atoms with van der Waals surface area (Å²) in [5.74, 6) is -18.1. The normalized spacial score (nSPS) is 19.1. The standard InChI is InChI=1S/C34H28O22/c35-14-1-10(2-15(36)23(14)43)30(48)52-9-22-27(47)28(54-31(49)11-3-16(37)24(44)17(38)4-11)29(55-32(50)12-5-18(39)25(45)19(40)6-12)34(53-22)56-33(51)13-7-20(41)26(46)21(42)8-13/h1-8,22,27-29,34-47H,9H2/t22-,27-,28+,29-,34-/m1/s1. The van der Waals surface area contributed by atoms with Gasteiger partial charge in [-0.3, -0.25) is 0 Å². The second kappa shape index (κ2) is 15.3. The second-order valence-electron chi connectivity index (χ2n) is 11.7. The molecular weight excluding hydrogens is 760 g/mol. The third-order valence-corrected chi connectivity index (χ3v) is 7.93. The lowest BCUT2D eigenvalue weighted by Gasteiger charge is -2.42. The molecule has 4 aromatic rings. The fourth-order valence-electron chi connectivity index (χ4n) is 5.07. The highest BCUT2D eigenvalue weighted by atomic mass is 16.7. The lowest BCUT2D eigenvalue weighted by atomic mass is 9.98. The molecule has 0 aromatic heterocycles. The lowest BCUT2D eigenvalue weighted by molar-refractivity contribution is -0.283. The van der Waals surface area contributed by atoms with Gasteiger partial charge in [-0.2, -0.15) is 0 Å². The van der Waals surface area contributed by atoms with Crippen LogP contribution < -0.4 is 0 Å². The van der Waals surface area contributed by atoms with Crippen molar-refractivity contribution in [2.45, 2.75) is 30.7 Å². The Kier molecular flexibility index (Phi) is 10.8. The molecule has 0 spiro atoms. The number of phenolic OH excluding ortho intramolecular Hbond substituents is 12. The van der Waals surface area contributed by atoms with Crippen molar-refractivity contribution < 1.29 is 109 Å². The van der Waals surface area contributed by atoms with E-state index in [1.165, 1.54) is 0 Å². The number of benzene rings is 4. The first-order valence-corrected chi connectivity index (χ1v) is 15.4. The number of phenols is 12. The average Bonchev–Trinajstić information content (AvgIpc) is 3.14. The first-order valence-electron chi connectivity index (χ1n) is 15.4. The van der Waals surface area contributed by atoms with Crippen LogP contribution in [0.5, 0.6) is 69.0 Å². The molecule has 1 aliphatic heterocycles. The number of aromatic hydroxyl groups is 12. The molecule has 1 saturated heterocycles. The number of ether oxygens (including phenoxy) is 5. The molecule has 22 heteroatoms. The largest absolute Gasteiger partial charge is 0.504 e. The van der Waals surface area contributed by atoms with E-state index in [1.807, 2.05) is 0 Å². The Hall–Kier alpha value is -7.72. The third-order valence-electron chi connectivity index (χ3n) is 7.93. The van der Waals surface area contributed by atoms with E-state index in [0.29, 0.717) is 48.5 Å². The van der Waals surface area contributed by atoms with Crippen LogP contribution in [-0.2, 0) is 23.7 Å². The highest BCUT2D eigenvalue weighted by Crippen LogP contribution is 2.40. The molecule has 0 unspecified atom stereocenters. The molecule has 56 heavy (non-hydrogen) atoms. The Labute approximate surface area is 310 Å². The van der Waals surface area contributed by atoms with E-state index in [4.69, 9.17) is 23.7 Å². The van der Waals surface area contributed by atoms with Crippen LogP contribution in [0.1, 0.15) is 41.4 Å². The van der Waals surface area contributed by atoms with Gasteiger partial charge in [-0.25, -0.2) is 19.2 Å². The van der Waals surface area contributed by atoms with Gasteiger partial charge in [0.2, 0.25) is 12.4 Å². The molecular formula is C34H28O22. The third kappa shape index (κ3) is 7.95. The number of rotatable bonds is 9. The molecule has 1 aliphatic rings. The fourth-order valence-corrected chi connectivity index (χ4v) is 5.07. The maximum absolute atomic E-state index is 13.4. The van der Waals surface area contributed by atoms with E-state index in [1.54, 1.807) is 0 Å². The van der Waals surface area contributed by atoms with Crippen molar-refractivity contribution in [2.75, 3.05) is 6.61 Å². The monoisotopic (exact) mass is 788 g/mol. The van der Waals surface area contributed by atoms with Crippen molar-refractivity contribution in [1.29, 1.82) is 0 Å². The van der Waals surface area contributed by atoms with Gasteiger partial charge in [0.1, 0.15) is 18.8 Å². The number of esters is 4. The summed E-state index contributed by atoms with van der Waals surface area (Å²) in [5, 5.41) is 129. The van der Waals surface area contributed by atoms with E-state index >= 15 is 0 Å². The molecule has 0 amide bonds. The quantitative estimate of drug-likeness (QED) is 0.0630. The van der Waals surface area contributed by atoms with Crippen LogP contribution in [0.25, 0.3) is 0 Å². The van der Waals surface area contributed by atoms with Crippen molar-refractivity contribution in [3.63, 3.8) is 0 Å². The topological polar surface area (TPSA) is 377 Å². The summed E-state index contributed by atoms with van der Waals surface area (Å²) < 4.78 is 26.7. The van der Waals surface area contributed by atoms with Crippen LogP contribution in [0.15, 0.2) is 48.5 Å². The van der Waals surface area contributed by atoms with Crippen molar-refractivity contribution in [1.82, 2.24) is 0 Å². The molecule has 22 nitrogen and oxygen atoms in total. The number of carbonyl (C=O) groups excluding carboxylic acids is 4. The minimum absolute atomic E-state index is 0.555. The highest BCUT2D eigenvalue weighted by Gasteiger charge is 2.52. The summed E-state index contributed by atoms with van der Waals surface area (Å²) >= 11 is 0. The Balaban J connectivity index is 1.55. The molecule has 5 rings (SSSR count). The summed E-state index contributed by atoms with van der Waals surface area (Å²) in [6.45, 7) is -1.06. The molecule has 0 saturated carbocycles. The van der Waals surface area contributed by atoms with Crippen LogP contribution >= 0.6 is 0 Å². The zero-order chi connectivity index (χ0) is 41.3. The molecule has 296 valence electrons. The Morgan fingerprint density at radius 2 is 0.732 bits per heavy atom. The zero-order valence-corrected chi connectivity index (χ0v) is 27.7. The second-order valence-corrected chi connectivity index (χ2v) is 11.7. The van der Waals surface area contributed by atoms with Crippen LogP contribution in [0.2, 0.25) is 0 Å². The number of aliphatic hydroxyl groups is 1. The molecule has 1 fully saturated rings. The van der Waals surface area contributed by atoms with Crippen LogP contribution in [0.3, 0.4) is 0 Å². The van der Waals surface area contributed by atoms with Crippen molar-refractivity contribution in [3.05, 3.63) is 70.8 Å². The predicted octanol–water partition coefficient (Wildman–Crippen LogP) is 0.705. The van der Waals surface area contributed by atoms with Gasteiger partial charge in [0.05, 0.1) is 22.3 Å². The molecule has 1 heterocycles. The summed E-state index contributed by atoms with van der Waals surface area (Å²) in [6.07, 6.45) is -11.2. The first-order chi connectivity index (χ1) is 26.3. The SMILES string of the molecule is O=C(OC[C@H]1O[C@H](OC(=O)c2cc(O)c(O)c(O)c2)[C@H](OC(=O)c2cc(O)c(O)c(O)c2)[C@@H](OC(=O)c2cc(O)c(O)c(O)c2)[C@@H]1O)c1cc(O)c(O)c(O)c1. The maximum atomic E-state index is 13.4. The van der Waals surface area contributed by atoms with Crippen LogP contribution in [0.4, 0.5) is 0 Å². The molecule has 0 bridgehead atoms. The molecule has 5 atom stereocenters. The number of carbonyl (C=O) groups is 4. The average molecular weight is 789 g/mol. The fraction of sp³-hybridized carbons (Fsp3) is 0.176. The first kappa shape index (κ1) is 39.5. The molecule has 0 aliphatic carbocycles. The van der Waals surface area contributed by atoms with Gasteiger partial charge in [-0.15, -0.1) is 0 Å². The summed E-state index contributed by atoms with van der Waals surface area (Å²) in [5.41, 5.74) is -2.65. The zero-order valence-electron chi connectivity index (χ0n) is 27.7. The van der Waals surface area contributed by atoms with Crippen molar-refractivity contribution >= 4 is 23.9 Å². The van der Waals surface area contributed by atoms with Crippen LogP contribution in [0, 0.1) is 0 Å². The minimum atomic E-state index is -2.36. The van der Waals surface area contributed by atoms with E-state index in [0.717, 1.165) is 0 Å². The maximum Gasteiger partial charge on any atom is 0.340 e. The Morgan fingerprint density at radius 1 is 0.446 bits per heavy atom. The highest BCUT2D eigenvalue weighted by molar-refractivity contribution is 5.93. The smallest absolute Gasteiger partial charge is 0.340 e. The van der Waals surface area contributed by atoms with Gasteiger partial charge >= 0.3 is 23.9 Å². The van der Waals surface area contributed by atoms with Crippen LogP contribution in [-0.4, -0.2) is 128 Å². The van der Waals surface area contributed by atoms with Gasteiger partial charge in [-0.1, -0.05) is 0 Å². The Morgan fingerprint density at radius 3 is 1.07 bits per heavy atom. The summed E-state index contributed by atoms with van der Waals surface area (Å²) in [7, 11) is 0. The number of hydrogen-bond donors (Lipinski definition) is 13. The van der Waals surface area contributed by atoms with Gasteiger partial charge in [0.15, 0.2) is 75.1 Å². The van der Waals surface area contributed by atoms with E-state index in [2.05, 4.69) is 0 Å². The minimum Gasteiger partial charge on any atom is -0.504 e. The summed E-state index contributed by atoms with van der Waals surface area (Å²) in [6, 6.07) is 5.01. The molecule has 4 aromatic carbocycles. The number of hydrogen-bond acceptors (Lipinski definition) is 22. The van der Waals surface area contributed by atoms with Gasteiger partial charge in [0.25, 0.3) is 0 Å². The van der Waals surface area contributed by atoms with Crippen molar-refractivity contribution in [2.24, 2.45) is 0 Å². The summed E-state index contributed by atoms with van der Waals surface area (Å²) in [4.78, 5) is 52.9. The van der Waals surface area contributed by atoms with Crippen molar-refractivity contribution in [3.8, 4) is 69.0 Å². The Bertz CT molecular complexity index is 2140. The predicted molar refractivity (Wildman–Crippen MR) is 175 cm³/mol. The number of aliphatic hydroxyl groups excluding tert-OH is 1. The van der Waals surface area contributed by atoms with Gasteiger partial charge in [0, 0.05) is 0 Å². The lowest BCUT2D eigenvalue weighted by Crippen LogP contribution is -2.62. The molecule has 0 radical (unpaired) electrons. The van der Waals surface area contributed by atoms with Gasteiger partial charge < -0.3 is 90.1 Å².